The van der Waals surface area contributed by atoms with Crippen LogP contribution in [0.4, 0.5) is 10.1 Å². The van der Waals surface area contributed by atoms with Crippen LogP contribution in [0, 0.1) is 15.9 Å². The van der Waals surface area contributed by atoms with Crippen molar-refractivity contribution in [2.24, 2.45) is 0 Å². The van der Waals surface area contributed by atoms with Gasteiger partial charge in [-0.3, -0.25) is 14.9 Å². The van der Waals surface area contributed by atoms with E-state index in [0.29, 0.717) is 18.9 Å². The van der Waals surface area contributed by atoms with E-state index in [9.17, 15) is 19.3 Å². The predicted octanol–water partition coefficient (Wildman–Crippen LogP) is 1.62. The smallest absolute Gasteiger partial charge is 0.272 e. The molecule has 6 nitrogen and oxygen atoms in total. The van der Waals surface area contributed by atoms with Gasteiger partial charge in [-0.15, -0.1) is 0 Å². The number of aliphatic hydroxyl groups is 1. The van der Waals surface area contributed by atoms with Crippen LogP contribution in [0.2, 0.25) is 0 Å². The van der Waals surface area contributed by atoms with Crippen LogP contribution in [0.25, 0.3) is 0 Å². The summed E-state index contributed by atoms with van der Waals surface area (Å²) in [5, 5.41) is 21.7. The molecule has 0 aliphatic carbocycles. The van der Waals surface area contributed by atoms with Crippen molar-refractivity contribution in [3.05, 3.63) is 39.7 Å². The lowest BCUT2D eigenvalue weighted by Crippen LogP contribution is -2.33. The second-order valence-electron chi connectivity index (χ2n) is 4.16. The Hall–Kier alpha value is -2.02. The van der Waals surface area contributed by atoms with Gasteiger partial charge in [0.15, 0.2) is 0 Å². The molecule has 0 radical (unpaired) electrons. The minimum Gasteiger partial charge on any atom is -0.396 e. The number of nitrogens with one attached hydrogen (secondary N) is 1. The number of carbonyl (C=O) groups excluding carboxylic acids is 1. The zero-order chi connectivity index (χ0) is 14.4. The van der Waals surface area contributed by atoms with Gasteiger partial charge < -0.3 is 10.4 Å². The molecule has 0 spiro atoms. The zero-order valence-corrected chi connectivity index (χ0v) is 10.4. The van der Waals surface area contributed by atoms with Crippen molar-refractivity contribution in [3.8, 4) is 0 Å². The lowest BCUT2D eigenvalue weighted by atomic mass is 10.1. The van der Waals surface area contributed by atoms with Crippen LogP contribution in [-0.2, 0) is 0 Å². The van der Waals surface area contributed by atoms with Crippen LogP contribution >= 0.6 is 0 Å². The van der Waals surface area contributed by atoms with Crippen molar-refractivity contribution in [1.82, 2.24) is 5.32 Å². The standard InChI is InChI=1S/C12H15FN2O4/c1-8(3-2-6-16)14-12(17)10-5-4-9(15(18)19)7-11(10)13/h4-5,7-8,16H,2-3,6H2,1H3,(H,14,17). The van der Waals surface area contributed by atoms with Crippen LogP contribution in [0.5, 0.6) is 0 Å². The number of nitrogens with zero attached hydrogens (tertiary/aromatic N) is 1. The maximum absolute atomic E-state index is 13.6. The molecule has 0 aromatic heterocycles. The second kappa shape index (κ2) is 6.79. The van der Waals surface area contributed by atoms with Gasteiger partial charge in [-0.1, -0.05) is 0 Å². The lowest BCUT2D eigenvalue weighted by molar-refractivity contribution is -0.385. The van der Waals surface area contributed by atoms with Gasteiger partial charge >= 0.3 is 0 Å². The number of aliphatic hydroxyl groups excluding tert-OH is 1. The van der Waals surface area contributed by atoms with Crippen molar-refractivity contribution in [2.75, 3.05) is 6.61 Å². The minimum atomic E-state index is -0.930. The first-order valence-electron chi connectivity index (χ1n) is 5.81. The first-order chi connectivity index (χ1) is 8.95. The number of hydrogen-bond donors (Lipinski definition) is 2. The Balaban J connectivity index is 2.74. The molecule has 0 heterocycles. The highest BCUT2D eigenvalue weighted by Crippen LogP contribution is 2.16. The number of nitro groups is 1. The second-order valence-corrected chi connectivity index (χ2v) is 4.16. The van der Waals surface area contributed by atoms with E-state index in [-0.39, 0.29) is 18.2 Å². The van der Waals surface area contributed by atoms with Crippen LogP contribution in [0.3, 0.4) is 0 Å². The van der Waals surface area contributed by atoms with Gasteiger partial charge in [0.25, 0.3) is 11.6 Å². The number of hydrogen-bond acceptors (Lipinski definition) is 4. The van der Waals surface area contributed by atoms with Crippen LogP contribution < -0.4 is 5.32 Å². The monoisotopic (exact) mass is 270 g/mol. The molecule has 0 saturated carbocycles. The molecule has 0 bridgehead atoms. The highest BCUT2D eigenvalue weighted by molar-refractivity contribution is 5.94. The van der Waals surface area contributed by atoms with E-state index in [1.807, 2.05) is 0 Å². The topological polar surface area (TPSA) is 92.5 Å². The summed E-state index contributed by atoms with van der Waals surface area (Å²) in [6, 6.07) is 2.67. The van der Waals surface area contributed by atoms with E-state index in [0.717, 1.165) is 12.1 Å². The molecule has 7 heteroatoms. The summed E-state index contributed by atoms with van der Waals surface area (Å²) in [5.74, 6) is -1.56. The summed E-state index contributed by atoms with van der Waals surface area (Å²) < 4.78 is 13.6. The maximum Gasteiger partial charge on any atom is 0.272 e. The van der Waals surface area contributed by atoms with Gasteiger partial charge in [0.05, 0.1) is 16.6 Å². The van der Waals surface area contributed by atoms with Gasteiger partial charge in [0.2, 0.25) is 0 Å². The van der Waals surface area contributed by atoms with E-state index in [1.165, 1.54) is 0 Å². The Labute approximate surface area is 109 Å². The van der Waals surface area contributed by atoms with Crippen LogP contribution in [0.15, 0.2) is 18.2 Å². The molecule has 1 aromatic rings. The van der Waals surface area contributed by atoms with Crippen LogP contribution in [0.1, 0.15) is 30.1 Å². The molecular formula is C12H15FN2O4. The van der Waals surface area contributed by atoms with Crippen LogP contribution in [-0.4, -0.2) is 28.6 Å². The molecule has 2 N–H and O–H groups in total. The summed E-state index contributed by atoms with van der Waals surface area (Å²) >= 11 is 0. The van der Waals surface area contributed by atoms with Gasteiger partial charge in [0.1, 0.15) is 5.82 Å². The van der Waals surface area contributed by atoms with Gasteiger partial charge in [0, 0.05) is 18.7 Å². The molecule has 19 heavy (non-hydrogen) atoms. The number of amides is 1. The SMILES string of the molecule is CC(CCCO)NC(=O)c1ccc([N+](=O)[O-])cc1F. The van der Waals surface area contributed by atoms with E-state index < -0.39 is 22.3 Å². The molecule has 1 aromatic carbocycles. The molecule has 1 amide bonds. The number of nitro benzene ring substituents is 1. The van der Waals surface area contributed by atoms with Gasteiger partial charge in [-0.05, 0) is 25.8 Å². The fourth-order valence-electron chi connectivity index (χ4n) is 1.57. The highest BCUT2D eigenvalue weighted by Gasteiger charge is 2.17. The Morgan fingerprint density at radius 2 is 2.26 bits per heavy atom. The largest absolute Gasteiger partial charge is 0.396 e. The molecule has 0 aliphatic rings. The van der Waals surface area contributed by atoms with Crippen molar-refractivity contribution in [1.29, 1.82) is 0 Å². The average molecular weight is 270 g/mol. The molecule has 0 saturated heterocycles. The van der Waals surface area contributed by atoms with Crippen molar-refractivity contribution >= 4 is 11.6 Å². The molecule has 1 unspecified atom stereocenters. The predicted molar refractivity (Wildman–Crippen MR) is 66.3 cm³/mol. The Bertz CT molecular complexity index is 479. The fourth-order valence-corrected chi connectivity index (χ4v) is 1.57. The zero-order valence-electron chi connectivity index (χ0n) is 10.4. The lowest BCUT2D eigenvalue weighted by Gasteiger charge is -2.13. The Kier molecular flexibility index (Phi) is 5.37. The third kappa shape index (κ3) is 4.29. The first-order valence-corrected chi connectivity index (χ1v) is 5.81. The quantitative estimate of drug-likeness (QED) is 0.607. The van der Waals surface area contributed by atoms with Crippen molar-refractivity contribution < 1.29 is 19.2 Å². The summed E-state index contributed by atoms with van der Waals surface area (Å²) in [6.07, 6.45) is 1.10. The molecule has 1 rings (SSSR count). The number of halogens is 1. The normalized spacial score (nSPS) is 11.9. The van der Waals surface area contributed by atoms with E-state index in [1.54, 1.807) is 6.92 Å². The van der Waals surface area contributed by atoms with E-state index in [4.69, 9.17) is 5.11 Å². The van der Waals surface area contributed by atoms with Crippen molar-refractivity contribution in [3.63, 3.8) is 0 Å². The summed E-state index contributed by atoms with van der Waals surface area (Å²) in [4.78, 5) is 21.5. The Morgan fingerprint density at radius 1 is 1.58 bits per heavy atom. The average Bonchev–Trinajstić information content (AvgIpc) is 2.35. The summed E-state index contributed by atoms with van der Waals surface area (Å²) in [6.45, 7) is 1.75. The molecule has 1 atom stereocenters. The van der Waals surface area contributed by atoms with Gasteiger partial charge in [-0.25, -0.2) is 4.39 Å². The van der Waals surface area contributed by atoms with E-state index >= 15 is 0 Å². The molecule has 104 valence electrons. The number of benzene rings is 1. The maximum atomic E-state index is 13.6. The highest BCUT2D eigenvalue weighted by atomic mass is 19.1. The molecular weight excluding hydrogens is 255 g/mol. The minimum absolute atomic E-state index is 0.0199. The molecule has 0 aliphatic heterocycles. The van der Waals surface area contributed by atoms with Gasteiger partial charge in [-0.2, -0.15) is 0 Å². The summed E-state index contributed by atoms with van der Waals surface area (Å²) in [5.41, 5.74) is -0.635. The number of rotatable bonds is 6. The van der Waals surface area contributed by atoms with E-state index in [2.05, 4.69) is 5.32 Å². The number of carbonyl (C=O) groups is 1. The van der Waals surface area contributed by atoms with Crippen molar-refractivity contribution in [2.45, 2.75) is 25.8 Å². The molecule has 0 fully saturated rings. The third-order valence-electron chi connectivity index (χ3n) is 2.58. The fraction of sp³-hybridized carbons (Fsp3) is 0.417. The third-order valence-corrected chi connectivity index (χ3v) is 2.58. The Morgan fingerprint density at radius 3 is 2.79 bits per heavy atom. The number of non-ortho nitro benzene ring substituents is 1. The summed E-state index contributed by atoms with van der Waals surface area (Å²) in [7, 11) is 0. The first kappa shape index (κ1) is 15.0.